The van der Waals surface area contributed by atoms with E-state index in [4.69, 9.17) is 27.9 Å². The summed E-state index contributed by atoms with van der Waals surface area (Å²) >= 11 is 12.4. The second-order valence-electron chi connectivity index (χ2n) is 8.00. The van der Waals surface area contributed by atoms with Crippen LogP contribution in [0, 0.1) is 20.8 Å². The van der Waals surface area contributed by atoms with Gasteiger partial charge in [0.15, 0.2) is 0 Å². The average molecular weight is 537 g/mol. The molecule has 0 aliphatic rings. The van der Waals surface area contributed by atoms with E-state index >= 15 is 0 Å². The van der Waals surface area contributed by atoms with E-state index in [0.717, 1.165) is 38.8 Å². The van der Waals surface area contributed by atoms with Gasteiger partial charge in [-0.05, 0) is 62.7 Å². The van der Waals surface area contributed by atoms with Crippen LogP contribution in [0.15, 0.2) is 47.6 Å². The number of methoxy groups -OCH3 is 1. The molecule has 1 N–H and O–H groups in total. The number of amides is 1. The number of aromatic nitrogens is 1. The lowest BCUT2D eigenvalue weighted by Gasteiger charge is -2.23. The maximum atomic E-state index is 12.6. The van der Waals surface area contributed by atoms with E-state index in [-0.39, 0.29) is 5.69 Å². The number of aryl methyl sites for hydroxylation is 2. The lowest BCUT2D eigenvalue weighted by molar-refractivity contribution is -0.119. The first-order valence-electron chi connectivity index (χ1n) is 10.5. The number of hydrazone groups is 1. The highest BCUT2D eigenvalue weighted by atomic mass is 35.5. The Labute approximate surface area is 215 Å². The summed E-state index contributed by atoms with van der Waals surface area (Å²) in [5.74, 6) is -0.268. The smallest absolute Gasteiger partial charge is 0.260 e. The van der Waals surface area contributed by atoms with Crippen molar-refractivity contribution < 1.29 is 17.9 Å². The van der Waals surface area contributed by atoms with Crippen LogP contribution in [-0.4, -0.2) is 45.0 Å². The van der Waals surface area contributed by atoms with Crippen LogP contribution in [0.2, 0.25) is 10.0 Å². The van der Waals surface area contributed by atoms with Crippen molar-refractivity contribution in [3.05, 3.63) is 75.0 Å². The third-order valence-corrected chi connectivity index (χ3v) is 6.97. The number of benzene rings is 2. The van der Waals surface area contributed by atoms with Crippen LogP contribution in [0.1, 0.15) is 22.5 Å². The third-order valence-electron chi connectivity index (χ3n) is 5.30. The molecule has 0 saturated carbocycles. The number of carbonyl (C=O) groups is 1. The van der Waals surface area contributed by atoms with Gasteiger partial charge in [0.2, 0.25) is 10.0 Å². The van der Waals surface area contributed by atoms with E-state index in [0.29, 0.717) is 15.8 Å². The van der Waals surface area contributed by atoms with E-state index in [2.05, 4.69) is 10.5 Å². The summed E-state index contributed by atoms with van der Waals surface area (Å²) in [5, 5.41) is 5.07. The summed E-state index contributed by atoms with van der Waals surface area (Å²) in [4.78, 5) is 12.6. The molecule has 8 nitrogen and oxygen atoms in total. The topological polar surface area (TPSA) is 93.0 Å². The molecule has 0 bridgehead atoms. The number of ether oxygens (including phenoxy) is 1. The molecule has 0 aliphatic heterocycles. The predicted octanol–water partition coefficient (Wildman–Crippen LogP) is 4.63. The molecule has 0 fully saturated rings. The van der Waals surface area contributed by atoms with Crippen molar-refractivity contribution in [3.8, 4) is 11.4 Å². The van der Waals surface area contributed by atoms with Crippen LogP contribution in [0.25, 0.3) is 5.69 Å². The molecule has 0 unspecified atom stereocenters. The number of sulfonamides is 1. The maximum absolute atomic E-state index is 12.6. The van der Waals surface area contributed by atoms with Gasteiger partial charge < -0.3 is 9.30 Å². The van der Waals surface area contributed by atoms with E-state index in [1.165, 1.54) is 13.3 Å². The van der Waals surface area contributed by atoms with Gasteiger partial charge in [0.1, 0.15) is 12.3 Å². The normalized spacial score (nSPS) is 11.6. The molecule has 0 radical (unpaired) electrons. The number of rotatable bonds is 8. The average Bonchev–Trinajstić information content (AvgIpc) is 3.04. The highest BCUT2D eigenvalue weighted by Crippen LogP contribution is 2.31. The van der Waals surface area contributed by atoms with Crippen LogP contribution in [0.4, 0.5) is 5.69 Å². The SMILES string of the molecule is COc1ccc(C)cc1N(CC(=O)N/N=C\c1cc(C)n(-c2ccc(Cl)cc2Cl)c1C)S(C)(=O)=O. The number of hydrogen-bond donors (Lipinski definition) is 1. The Kier molecular flexibility index (Phi) is 8.15. The lowest BCUT2D eigenvalue weighted by atomic mass is 10.2. The zero-order chi connectivity index (χ0) is 25.9. The van der Waals surface area contributed by atoms with Crippen LogP contribution in [-0.2, 0) is 14.8 Å². The molecule has 0 atom stereocenters. The Morgan fingerprint density at radius 3 is 2.49 bits per heavy atom. The van der Waals surface area contributed by atoms with Crippen molar-refractivity contribution in [2.45, 2.75) is 20.8 Å². The van der Waals surface area contributed by atoms with Crippen molar-refractivity contribution in [2.75, 3.05) is 24.2 Å². The molecular weight excluding hydrogens is 511 g/mol. The number of hydrogen-bond acceptors (Lipinski definition) is 5. The highest BCUT2D eigenvalue weighted by Gasteiger charge is 2.24. The summed E-state index contributed by atoms with van der Waals surface area (Å²) in [6.45, 7) is 5.18. The molecular formula is C24H26Cl2N4O4S. The Bertz CT molecular complexity index is 1400. The second-order valence-corrected chi connectivity index (χ2v) is 10.7. The Morgan fingerprint density at radius 2 is 1.86 bits per heavy atom. The lowest BCUT2D eigenvalue weighted by Crippen LogP contribution is -2.39. The Hall–Kier alpha value is -3.01. The zero-order valence-electron chi connectivity index (χ0n) is 20.0. The van der Waals surface area contributed by atoms with Crippen molar-refractivity contribution in [1.82, 2.24) is 9.99 Å². The number of carbonyl (C=O) groups excluding carboxylic acids is 1. The van der Waals surface area contributed by atoms with Crippen molar-refractivity contribution in [1.29, 1.82) is 0 Å². The summed E-state index contributed by atoms with van der Waals surface area (Å²) in [6.07, 6.45) is 2.53. The van der Waals surface area contributed by atoms with Gasteiger partial charge in [-0.3, -0.25) is 9.10 Å². The van der Waals surface area contributed by atoms with Crippen LogP contribution in [0.3, 0.4) is 0 Å². The number of nitrogens with one attached hydrogen (secondary N) is 1. The second kappa shape index (κ2) is 10.7. The first-order valence-corrected chi connectivity index (χ1v) is 13.1. The maximum Gasteiger partial charge on any atom is 0.260 e. The minimum absolute atomic E-state index is 0.275. The summed E-state index contributed by atoms with van der Waals surface area (Å²) in [5.41, 5.74) is 6.79. The van der Waals surface area contributed by atoms with Gasteiger partial charge in [-0.25, -0.2) is 13.8 Å². The van der Waals surface area contributed by atoms with E-state index < -0.39 is 22.5 Å². The molecule has 0 saturated heterocycles. The molecule has 11 heteroatoms. The fourth-order valence-corrected chi connectivity index (χ4v) is 5.01. The first-order chi connectivity index (χ1) is 16.4. The van der Waals surface area contributed by atoms with E-state index in [9.17, 15) is 13.2 Å². The minimum atomic E-state index is -3.77. The third kappa shape index (κ3) is 6.17. The van der Waals surface area contributed by atoms with Gasteiger partial charge in [-0.1, -0.05) is 29.3 Å². The van der Waals surface area contributed by atoms with E-state index in [1.54, 1.807) is 30.3 Å². The molecule has 1 aromatic heterocycles. The van der Waals surface area contributed by atoms with Crippen LogP contribution >= 0.6 is 23.2 Å². The van der Waals surface area contributed by atoms with Gasteiger partial charge in [0, 0.05) is 22.0 Å². The number of anilines is 1. The first kappa shape index (κ1) is 26.6. The summed E-state index contributed by atoms with van der Waals surface area (Å²) in [6, 6.07) is 12.2. The number of nitrogens with zero attached hydrogens (tertiary/aromatic N) is 3. The van der Waals surface area contributed by atoms with Gasteiger partial charge >= 0.3 is 0 Å². The van der Waals surface area contributed by atoms with Crippen molar-refractivity contribution in [3.63, 3.8) is 0 Å². The molecule has 2 aromatic carbocycles. The number of halogens is 2. The quantitative estimate of drug-likeness (QED) is 0.335. The molecule has 186 valence electrons. The van der Waals surface area contributed by atoms with Gasteiger partial charge in [0.25, 0.3) is 5.91 Å². The molecule has 0 aliphatic carbocycles. The molecule has 1 amide bonds. The monoisotopic (exact) mass is 536 g/mol. The van der Waals surface area contributed by atoms with Gasteiger partial charge in [-0.2, -0.15) is 5.10 Å². The standard InChI is InChI=1S/C24H26Cl2N4O4S/c1-15-6-9-23(34-4)22(10-15)29(35(5,32)33)14-24(31)28-27-13-18-11-16(2)30(17(18)3)21-8-7-19(25)12-20(21)26/h6-13H,14H2,1-5H3,(H,28,31)/b27-13-. The Balaban J connectivity index is 1.80. The summed E-state index contributed by atoms with van der Waals surface area (Å²) in [7, 11) is -2.33. The Morgan fingerprint density at radius 1 is 1.14 bits per heavy atom. The molecule has 3 aromatic rings. The minimum Gasteiger partial charge on any atom is -0.495 e. The molecule has 0 spiro atoms. The molecule has 3 rings (SSSR count). The zero-order valence-corrected chi connectivity index (χ0v) is 22.3. The van der Waals surface area contributed by atoms with E-state index in [1.807, 2.05) is 37.5 Å². The van der Waals surface area contributed by atoms with Gasteiger partial charge in [0.05, 0.1) is 36.0 Å². The van der Waals surface area contributed by atoms with Crippen LogP contribution in [0.5, 0.6) is 5.75 Å². The van der Waals surface area contributed by atoms with Crippen molar-refractivity contribution >= 4 is 51.0 Å². The molecule has 1 heterocycles. The summed E-state index contributed by atoms with van der Waals surface area (Å²) < 4.78 is 33.1. The van der Waals surface area contributed by atoms with Crippen molar-refractivity contribution in [2.24, 2.45) is 5.10 Å². The fourth-order valence-electron chi connectivity index (χ4n) is 3.67. The highest BCUT2D eigenvalue weighted by molar-refractivity contribution is 7.92. The largest absolute Gasteiger partial charge is 0.495 e. The molecule has 35 heavy (non-hydrogen) atoms. The fraction of sp³-hybridized carbons (Fsp3) is 0.250. The van der Waals surface area contributed by atoms with Gasteiger partial charge in [-0.15, -0.1) is 0 Å². The predicted molar refractivity (Wildman–Crippen MR) is 141 cm³/mol. The van der Waals surface area contributed by atoms with Crippen LogP contribution < -0.4 is 14.5 Å².